The minimum atomic E-state index is 0.119. The molecule has 1 atom stereocenters. The van der Waals surface area contributed by atoms with Crippen LogP contribution in [0.1, 0.15) is 24.4 Å². The van der Waals surface area contributed by atoms with E-state index in [1.807, 2.05) is 12.1 Å². The standard InChI is InChI=1S/C11H12BrNO2/c12-8-4-10-9(14-5-15-10)3-7(8)11(13)6-1-2-6/h3-4,6,11H,1-2,5,13H2. The van der Waals surface area contributed by atoms with E-state index in [0.717, 1.165) is 21.5 Å². The van der Waals surface area contributed by atoms with Gasteiger partial charge >= 0.3 is 0 Å². The van der Waals surface area contributed by atoms with E-state index in [0.29, 0.717) is 12.7 Å². The maximum absolute atomic E-state index is 6.17. The molecule has 1 unspecified atom stereocenters. The van der Waals surface area contributed by atoms with Gasteiger partial charge in [-0.2, -0.15) is 0 Å². The molecule has 0 bridgehead atoms. The van der Waals surface area contributed by atoms with Gasteiger partial charge in [-0.1, -0.05) is 15.9 Å². The molecule has 0 spiro atoms. The van der Waals surface area contributed by atoms with Crippen LogP contribution in [0.15, 0.2) is 16.6 Å². The third kappa shape index (κ3) is 1.62. The lowest BCUT2D eigenvalue weighted by Crippen LogP contribution is -2.12. The van der Waals surface area contributed by atoms with E-state index in [9.17, 15) is 0 Å². The Morgan fingerprint density at radius 2 is 1.93 bits per heavy atom. The van der Waals surface area contributed by atoms with E-state index in [1.54, 1.807) is 0 Å². The summed E-state index contributed by atoms with van der Waals surface area (Å²) in [5, 5.41) is 0. The molecule has 1 aromatic rings. The Kier molecular flexibility index (Phi) is 2.14. The fraction of sp³-hybridized carbons (Fsp3) is 0.455. The van der Waals surface area contributed by atoms with Crippen LogP contribution in [0, 0.1) is 5.92 Å². The molecule has 0 saturated heterocycles. The summed E-state index contributed by atoms with van der Waals surface area (Å²) in [6.45, 7) is 0.309. The first-order valence-corrected chi connectivity index (χ1v) is 5.89. The third-order valence-electron chi connectivity index (χ3n) is 2.98. The van der Waals surface area contributed by atoms with E-state index >= 15 is 0 Å². The number of hydrogen-bond donors (Lipinski definition) is 1. The molecule has 15 heavy (non-hydrogen) atoms. The summed E-state index contributed by atoms with van der Waals surface area (Å²) >= 11 is 3.53. The lowest BCUT2D eigenvalue weighted by molar-refractivity contribution is 0.174. The van der Waals surface area contributed by atoms with Gasteiger partial charge in [-0.25, -0.2) is 0 Å². The lowest BCUT2D eigenvalue weighted by Gasteiger charge is -2.13. The van der Waals surface area contributed by atoms with Crippen molar-refractivity contribution in [2.75, 3.05) is 6.79 Å². The van der Waals surface area contributed by atoms with Gasteiger partial charge in [-0.15, -0.1) is 0 Å². The number of halogens is 1. The molecule has 1 saturated carbocycles. The summed E-state index contributed by atoms with van der Waals surface area (Å²) in [7, 11) is 0. The van der Waals surface area contributed by atoms with Gasteiger partial charge in [0.25, 0.3) is 0 Å². The summed E-state index contributed by atoms with van der Waals surface area (Å²) in [5.74, 6) is 2.25. The van der Waals surface area contributed by atoms with Crippen molar-refractivity contribution >= 4 is 15.9 Å². The van der Waals surface area contributed by atoms with Crippen LogP contribution >= 0.6 is 15.9 Å². The maximum Gasteiger partial charge on any atom is 0.231 e. The van der Waals surface area contributed by atoms with Gasteiger partial charge < -0.3 is 15.2 Å². The summed E-state index contributed by atoms with van der Waals surface area (Å²) < 4.78 is 11.7. The molecule has 3 nitrogen and oxygen atoms in total. The SMILES string of the molecule is NC(c1cc2c(cc1Br)OCO2)C1CC1. The van der Waals surface area contributed by atoms with Crippen LogP contribution in [0.2, 0.25) is 0 Å². The van der Waals surface area contributed by atoms with Crippen LogP contribution < -0.4 is 15.2 Å². The first kappa shape index (κ1) is 9.48. The number of hydrogen-bond acceptors (Lipinski definition) is 3. The average Bonchev–Trinajstić information content (AvgIpc) is 2.97. The number of nitrogens with two attached hydrogens (primary N) is 1. The van der Waals surface area contributed by atoms with Crippen molar-refractivity contribution in [1.29, 1.82) is 0 Å². The molecule has 1 heterocycles. The van der Waals surface area contributed by atoms with Crippen LogP contribution in [0.4, 0.5) is 0 Å². The largest absolute Gasteiger partial charge is 0.454 e. The second-order valence-corrected chi connectivity index (χ2v) is 4.94. The van der Waals surface area contributed by atoms with E-state index in [2.05, 4.69) is 15.9 Å². The van der Waals surface area contributed by atoms with Crippen molar-refractivity contribution in [2.24, 2.45) is 11.7 Å². The van der Waals surface area contributed by atoms with Gasteiger partial charge in [0.15, 0.2) is 11.5 Å². The second-order valence-electron chi connectivity index (χ2n) is 4.09. The van der Waals surface area contributed by atoms with Gasteiger partial charge in [0.2, 0.25) is 6.79 Å². The first-order chi connectivity index (χ1) is 7.25. The van der Waals surface area contributed by atoms with Crippen LogP contribution in [0.5, 0.6) is 11.5 Å². The van der Waals surface area contributed by atoms with Crippen molar-refractivity contribution in [3.8, 4) is 11.5 Å². The molecule has 1 aliphatic carbocycles. The summed E-state index contributed by atoms with van der Waals surface area (Å²) in [6, 6.07) is 4.06. The molecule has 4 heteroatoms. The smallest absolute Gasteiger partial charge is 0.231 e. The third-order valence-corrected chi connectivity index (χ3v) is 3.67. The quantitative estimate of drug-likeness (QED) is 0.898. The normalized spacial score (nSPS) is 20.4. The van der Waals surface area contributed by atoms with Gasteiger partial charge in [0, 0.05) is 10.5 Å². The topological polar surface area (TPSA) is 44.5 Å². The van der Waals surface area contributed by atoms with E-state index in [-0.39, 0.29) is 6.04 Å². The highest BCUT2D eigenvalue weighted by molar-refractivity contribution is 9.10. The van der Waals surface area contributed by atoms with Gasteiger partial charge in [0.05, 0.1) is 0 Å². The molecule has 1 aliphatic heterocycles. The predicted molar refractivity (Wildman–Crippen MR) is 59.9 cm³/mol. The molecule has 2 aliphatic rings. The second kappa shape index (κ2) is 3.39. The molecular formula is C11H12BrNO2. The summed E-state index contributed by atoms with van der Waals surface area (Å²) in [4.78, 5) is 0. The Morgan fingerprint density at radius 3 is 2.60 bits per heavy atom. The zero-order chi connectivity index (χ0) is 10.4. The molecule has 80 valence electrons. The van der Waals surface area contributed by atoms with Crippen molar-refractivity contribution in [2.45, 2.75) is 18.9 Å². The molecule has 0 radical (unpaired) electrons. The van der Waals surface area contributed by atoms with Crippen molar-refractivity contribution in [3.63, 3.8) is 0 Å². The molecule has 3 rings (SSSR count). The van der Waals surface area contributed by atoms with Crippen LogP contribution in [0.25, 0.3) is 0 Å². The van der Waals surface area contributed by atoms with Crippen LogP contribution in [0.3, 0.4) is 0 Å². The van der Waals surface area contributed by atoms with E-state index < -0.39 is 0 Å². The minimum absolute atomic E-state index is 0.119. The highest BCUT2D eigenvalue weighted by Gasteiger charge is 2.31. The fourth-order valence-corrected chi connectivity index (χ4v) is 2.48. The minimum Gasteiger partial charge on any atom is -0.454 e. The van der Waals surface area contributed by atoms with Crippen molar-refractivity contribution in [3.05, 3.63) is 22.2 Å². The highest BCUT2D eigenvalue weighted by atomic mass is 79.9. The molecular weight excluding hydrogens is 258 g/mol. The maximum atomic E-state index is 6.17. The Hall–Kier alpha value is -0.740. The van der Waals surface area contributed by atoms with Crippen molar-refractivity contribution < 1.29 is 9.47 Å². The zero-order valence-electron chi connectivity index (χ0n) is 8.20. The molecule has 0 amide bonds. The summed E-state index contributed by atoms with van der Waals surface area (Å²) in [6.07, 6.45) is 2.48. The van der Waals surface area contributed by atoms with Gasteiger partial charge in [-0.05, 0) is 36.5 Å². The van der Waals surface area contributed by atoms with Crippen molar-refractivity contribution in [1.82, 2.24) is 0 Å². The molecule has 2 N–H and O–H groups in total. The molecule has 0 aromatic heterocycles. The highest BCUT2D eigenvalue weighted by Crippen LogP contribution is 2.45. The zero-order valence-corrected chi connectivity index (χ0v) is 9.79. The van der Waals surface area contributed by atoms with E-state index in [1.165, 1.54) is 12.8 Å². The van der Waals surface area contributed by atoms with Crippen LogP contribution in [-0.2, 0) is 0 Å². The van der Waals surface area contributed by atoms with E-state index in [4.69, 9.17) is 15.2 Å². The van der Waals surface area contributed by atoms with Gasteiger partial charge in [-0.3, -0.25) is 0 Å². The van der Waals surface area contributed by atoms with Crippen LogP contribution in [-0.4, -0.2) is 6.79 Å². The Bertz CT molecular complexity index is 404. The first-order valence-electron chi connectivity index (χ1n) is 5.10. The fourth-order valence-electron chi connectivity index (χ4n) is 1.90. The Balaban J connectivity index is 1.99. The molecule has 1 aromatic carbocycles. The average molecular weight is 270 g/mol. The van der Waals surface area contributed by atoms with Gasteiger partial charge in [0.1, 0.15) is 0 Å². The summed E-state index contributed by atoms with van der Waals surface area (Å²) in [5.41, 5.74) is 7.30. The lowest BCUT2D eigenvalue weighted by atomic mass is 10.0. The number of fused-ring (bicyclic) bond motifs is 1. The monoisotopic (exact) mass is 269 g/mol. The predicted octanol–water partition coefficient (Wildman–Crippen LogP) is 2.59. The number of rotatable bonds is 2. The molecule has 1 fully saturated rings. The number of ether oxygens (including phenoxy) is 2. The number of benzene rings is 1. The Labute approximate surface area is 96.7 Å². The Morgan fingerprint density at radius 1 is 1.27 bits per heavy atom.